The van der Waals surface area contributed by atoms with E-state index in [4.69, 9.17) is 4.74 Å². The third-order valence-corrected chi connectivity index (χ3v) is 5.68. The number of carbonyl (C=O) groups is 1. The van der Waals surface area contributed by atoms with Crippen molar-refractivity contribution in [1.29, 1.82) is 0 Å². The molecule has 0 unspecified atom stereocenters. The predicted octanol–water partition coefficient (Wildman–Crippen LogP) is 2.32. The van der Waals surface area contributed by atoms with Gasteiger partial charge in [0, 0.05) is 12.7 Å². The minimum absolute atomic E-state index is 0.171. The van der Waals surface area contributed by atoms with Gasteiger partial charge in [0.2, 0.25) is 0 Å². The number of hydrogen-bond donors (Lipinski definition) is 1. The van der Waals surface area contributed by atoms with E-state index in [2.05, 4.69) is 9.71 Å². The summed E-state index contributed by atoms with van der Waals surface area (Å²) in [5.41, 5.74) is 0.371. The molecule has 1 aliphatic rings. The summed E-state index contributed by atoms with van der Waals surface area (Å²) >= 11 is 0. The van der Waals surface area contributed by atoms with Crippen molar-refractivity contribution in [3.05, 3.63) is 24.5 Å². The van der Waals surface area contributed by atoms with Gasteiger partial charge in [0.15, 0.2) is 0 Å². The van der Waals surface area contributed by atoms with Crippen molar-refractivity contribution >= 4 is 21.9 Å². The van der Waals surface area contributed by atoms with Crippen LogP contribution in [-0.2, 0) is 19.7 Å². The second-order valence-corrected chi connectivity index (χ2v) is 7.47. The standard InChI is InChI=1S/C16H25N3O4S/c1-3-14(4-2)23-16(20)15-9-5-6-11-19(15)24(21,22)18-13-8-7-10-17-12-13/h7-8,10,12,14-15,18H,3-6,9,11H2,1-2H3/t15-/m0/s1. The molecule has 1 aromatic rings. The molecule has 2 rings (SSSR count). The number of aromatic nitrogens is 1. The summed E-state index contributed by atoms with van der Waals surface area (Å²) in [6.45, 7) is 4.19. The van der Waals surface area contributed by atoms with Crippen LogP contribution in [0.1, 0.15) is 46.0 Å². The molecule has 0 aliphatic carbocycles. The van der Waals surface area contributed by atoms with Crippen LogP contribution in [0.4, 0.5) is 5.69 Å². The SMILES string of the molecule is CCC(CC)OC(=O)[C@@H]1CCCCN1S(=O)(=O)Nc1cccnc1. The molecule has 2 heterocycles. The highest BCUT2D eigenvalue weighted by atomic mass is 32.2. The van der Waals surface area contributed by atoms with Crippen molar-refractivity contribution in [2.75, 3.05) is 11.3 Å². The highest BCUT2D eigenvalue weighted by molar-refractivity contribution is 7.90. The molecule has 134 valence electrons. The molecule has 8 heteroatoms. The molecular weight excluding hydrogens is 330 g/mol. The van der Waals surface area contributed by atoms with Crippen molar-refractivity contribution in [1.82, 2.24) is 9.29 Å². The van der Waals surface area contributed by atoms with E-state index >= 15 is 0 Å². The van der Waals surface area contributed by atoms with Gasteiger partial charge < -0.3 is 4.74 Å². The lowest BCUT2D eigenvalue weighted by atomic mass is 10.1. The number of rotatable bonds is 7. The summed E-state index contributed by atoms with van der Waals surface area (Å²) in [5, 5.41) is 0. The molecule has 7 nitrogen and oxygen atoms in total. The fourth-order valence-corrected chi connectivity index (χ4v) is 4.19. The number of nitrogens with zero attached hydrogens (tertiary/aromatic N) is 2. The number of hydrogen-bond acceptors (Lipinski definition) is 5. The highest BCUT2D eigenvalue weighted by Gasteiger charge is 2.38. The van der Waals surface area contributed by atoms with Crippen LogP contribution in [0.2, 0.25) is 0 Å². The van der Waals surface area contributed by atoms with Crippen LogP contribution in [-0.4, -0.2) is 42.4 Å². The Morgan fingerprint density at radius 1 is 1.42 bits per heavy atom. The Bertz CT molecular complexity index is 632. The number of pyridine rings is 1. The first-order chi connectivity index (χ1) is 11.5. The quantitative estimate of drug-likeness (QED) is 0.758. The van der Waals surface area contributed by atoms with E-state index < -0.39 is 22.2 Å². The van der Waals surface area contributed by atoms with Crippen LogP contribution in [0, 0.1) is 0 Å². The van der Waals surface area contributed by atoms with Gasteiger partial charge in [0.25, 0.3) is 0 Å². The Balaban J connectivity index is 2.14. The number of esters is 1. The maximum atomic E-state index is 12.7. The van der Waals surface area contributed by atoms with E-state index in [0.29, 0.717) is 18.7 Å². The molecular formula is C16H25N3O4S. The van der Waals surface area contributed by atoms with Crippen LogP contribution in [0.15, 0.2) is 24.5 Å². The monoisotopic (exact) mass is 355 g/mol. The van der Waals surface area contributed by atoms with Crippen molar-refractivity contribution in [3.63, 3.8) is 0 Å². The van der Waals surface area contributed by atoms with Crippen molar-refractivity contribution in [2.45, 2.75) is 58.1 Å². The molecule has 0 bridgehead atoms. The van der Waals surface area contributed by atoms with Crippen molar-refractivity contribution in [2.24, 2.45) is 0 Å². The average molecular weight is 355 g/mol. The normalized spacial score (nSPS) is 19.2. The van der Waals surface area contributed by atoms with Crippen molar-refractivity contribution < 1.29 is 17.9 Å². The maximum absolute atomic E-state index is 12.7. The topological polar surface area (TPSA) is 88.6 Å². The van der Waals surface area contributed by atoms with Crippen LogP contribution in [0.3, 0.4) is 0 Å². The summed E-state index contributed by atoms with van der Waals surface area (Å²) in [6, 6.07) is 2.49. The Labute approximate surface area is 143 Å². The molecule has 1 atom stereocenters. The number of piperidine rings is 1. The molecule has 1 N–H and O–H groups in total. The lowest BCUT2D eigenvalue weighted by Gasteiger charge is -2.33. The van der Waals surface area contributed by atoms with Gasteiger partial charge in [-0.05, 0) is 44.2 Å². The molecule has 1 aromatic heterocycles. The number of ether oxygens (including phenoxy) is 1. The fraction of sp³-hybridized carbons (Fsp3) is 0.625. The van der Waals surface area contributed by atoms with E-state index in [0.717, 1.165) is 25.7 Å². The minimum atomic E-state index is -3.84. The molecule has 0 aromatic carbocycles. The second kappa shape index (κ2) is 8.43. The highest BCUT2D eigenvalue weighted by Crippen LogP contribution is 2.23. The molecule has 24 heavy (non-hydrogen) atoms. The summed E-state index contributed by atoms with van der Waals surface area (Å²) in [5.74, 6) is -0.458. The van der Waals surface area contributed by atoms with Gasteiger partial charge in [-0.15, -0.1) is 0 Å². The molecule has 0 spiro atoms. The Morgan fingerprint density at radius 2 is 2.17 bits per heavy atom. The first-order valence-electron chi connectivity index (χ1n) is 8.38. The zero-order valence-corrected chi connectivity index (χ0v) is 15.0. The molecule has 0 radical (unpaired) electrons. The van der Waals surface area contributed by atoms with E-state index in [9.17, 15) is 13.2 Å². The van der Waals surface area contributed by atoms with Crippen LogP contribution in [0.25, 0.3) is 0 Å². The van der Waals surface area contributed by atoms with E-state index in [1.807, 2.05) is 13.8 Å². The zero-order chi connectivity index (χ0) is 17.6. The van der Waals surface area contributed by atoms with Crippen LogP contribution in [0.5, 0.6) is 0 Å². The van der Waals surface area contributed by atoms with Crippen LogP contribution >= 0.6 is 0 Å². The lowest BCUT2D eigenvalue weighted by Crippen LogP contribution is -2.51. The minimum Gasteiger partial charge on any atom is -0.461 e. The molecule has 0 amide bonds. The Hall–Kier alpha value is -1.67. The number of nitrogens with one attached hydrogen (secondary N) is 1. The smallest absolute Gasteiger partial charge is 0.324 e. The number of anilines is 1. The van der Waals surface area contributed by atoms with Crippen molar-refractivity contribution in [3.8, 4) is 0 Å². The van der Waals surface area contributed by atoms with E-state index in [1.54, 1.807) is 18.3 Å². The molecule has 1 aliphatic heterocycles. The van der Waals surface area contributed by atoms with Gasteiger partial charge in [-0.1, -0.05) is 13.8 Å². The number of carbonyl (C=O) groups excluding carboxylic acids is 1. The van der Waals surface area contributed by atoms with E-state index in [1.165, 1.54) is 10.5 Å². The molecule has 0 saturated carbocycles. The first-order valence-corrected chi connectivity index (χ1v) is 9.82. The van der Waals surface area contributed by atoms with Gasteiger partial charge in [0.05, 0.1) is 11.9 Å². The first kappa shape index (κ1) is 18.7. The summed E-state index contributed by atoms with van der Waals surface area (Å²) in [4.78, 5) is 16.4. The van der Waals surface area contributed by atoms with Gasteiger partial charge in [-0.25, -0.2) is 0 Å². The van der Waals surface area contributed by atoms with Gasteiger partial charge >= 0.3 is 16.2 Å². The van der Waals surface area contributed by atoms with Gasteiger partial charge in [-0.2, -0.15) is 12.7 Å². The average Bonchev–Trinajstić information content (AvgIpc) is 2.60. The fourth-order valence-electron chi connectivity index (χ4n) is 2.76. The summed E-state index contributed by atoms with van der Waals surface area (Å²) < 4.78 is 34.5. The molecule has 1 fully saturated rings. The van der Waals surface area contributed by atoms with Crippen LogP contribution < -0.4 is 4.72 Å². The lowest BCUT2D eigenvalue weighted by molar-refractivity contribution is -0.155. The van der Waals surface area contributed by atoms with Gasteiger partial charge in [-0.3, -0.25) is 14.5 Å². The van der Waals surface area contributed by atoms with Gasteiger partial charge in [0.1, 0.15) is 12.1 Å². The van der Waals surface area contributed by atoms with E-state index in [-0.39, 0.29) is 6.10 Å². The third kappa shape index (κ3) is 4.67. The maximum Gasteiger partial charge on any atom is 0.324 e. The second-order valence-electron chi connectivity index (χ2n) is 5.85. The molecule has 1 saturated heterocycles. The largest absolute Gasteiger partial charge is 0.461 e. The summed E-state index contributed by atoms with van der Waals surface area (Å²) in [7, 11) is -3.84. The summed E-state index contributed by atoms with van der Waals surface area (Å²) in [6.07, 6.45) is 6.27. The Kier molecular flexibility index (Phi) is 6.56. The zero-order valence-electron chi connectivity index (χ0n) is 14.1. The predicted molar refractivity (Wildman–Crippen MR) is 91.6 cm³/mol. The third-order valence-electron chi connectivity index (χ3n) is 4.14. The Morgan fingerprint density at radius 3 is 2.79 bits per heavy atom.